The first kappa shape index (κ1) is 23.5. The zero-order valence-corrected chi connectivity index (χ0v) is 19.4. The molecule has 0 saturated heterocycles. The quantitative estimate of drug-likeness (QED) is 0.375. The highest BCUT2D eigenvalue weighted by atomic mass is 19.1. The molecule has 6 nitrogen and oxygen atoms in total. The van der Waals surface area contributed by atoms with Crippen LogP contribution >= 0.6 is 0 Å². The van der Waals surface area contributed by atoms with Gasteiger partial charge in [0.15, 0.2) is 0 Å². The smallest absolute Gasteiger partial charge is 0.138 e. The fourth-order valence-corrected chi connectivity index (χ4v) is 3.59. The van der Waals surface area contributed by atoms with Crippen LogP contribution in [0.4, 0.5) is 8.78 Å². The monoisotopic (exact) mass is 463 g/mol. The number of imidazole rings is 1. The van der Waals surface area contributed by atoms with Crippen molar-refractivity contribution in [1.82, 2.24) is 25.2 Å². The predicted molar refractivity (Wildman–Crippen MR) is 129 cm³/mol. The van der Waals surface area contributed by atoms with Gasteiger partial charge in [-0.1, -0.05) is 0 Å². The van der Waals surface area contributed by atoms with E-state index in [0.29, 0.717) is 29.4 Å². The Morgan fingerprint density at radius 2 is 1.62 bits per heavy atom. The van der Waals surface area contributed by atoms with E-state index in [2.05, 4.69) is 20.2 Å². The molecule has 0 radical (unpaired) electrons. The van der Waals surface area contributed by atoms with E-state index < -0.39 is 11.6 Å². The third kappa shape index (κ3) is 5.30. The molecule has 0 amide bonds. The molecule has 0 atom stereocenters. The number of likely N-dealkylation sites (N-methyl/N-ethyl adjacent to an activating group) is 1. The summed E-state index contributed by atoms with van der Waals surface area (Å²) in [5.74, 6) is 0.111. The Labute approximate surface area is 197 Å². The minimum Gasteiger partial charge on any atom is -0.492 e. The lowest BCUT2D eigenvalue weighted by atomic mass is 10.0. The van der Waals surface area contributed by atoms with Gasteiger partial charge in [0, 0.05) is 47.7 Å². The second-order valence-corrected chi connectivity index (χ2v) is 8.17. The molecule has 0 bridgehead atoms. The molecule has 2 aromatic carbocycles. The van der Waals surface area contributed by atoms with Crippen molar-refractivity contribution < 1.29 is 13.5 Å². The van der Waals surface area contributed by atoms with E-state index in [0.717, 1.165) is 23.4 Å². The molecule has 0 saturated carbocycles. The number of ether oxygens (including phenoxy) is 1. The number of rotatable bonds is 9. The zero-order valence-electron chi connectivity index (χ0n) is 19.4. The van der Waals surface area contributed by atoms with Gasteiger partial charge in [-0.25, -0.2) is 13.8 Å². The molecule has 0 aliphatic heterocycles. The summed E-state index contributed by atoms with van der Waals surface area (Å²) in [6, 6.07) is 13.9. The Balaban J connectivity index is 1.72. The number of H-pyrrole nitrogens is 1. The van der Waals surface area contributed by atoms with Gasteiger partial charge in [-0.3, -0.25) is 4.98 Å². The highest BCUT2D eigenvalue weighted by molar-refractivity contribution is 5.81. The van der Waals surface area contributed by atoms with Gasteiger partial charge in [0.2, 0.25) is 0 Å². The van der Waals surface area contributed by atoms with Crippen molar-refractivity contribution in [2.75, 3.05) is 34.3 Å². The molecule has 0 aliphatic rings. The summed E-state index contributed by atoms with van der Waals surface area (Å²) in [7, 11) is 5.63. The standard InChI is InChI=1S/C26H27F2N5O/c1-29-16-21-22(27)14-19(15-23(21)28)25-24(17-8-10-30-11-9-17)31-26(32-25)18-4-6-20(7-5-18)34-13-12-33(2)3/h4-11,14-15,29H,12-13,16H2,1-3H3,(H,31,32). The number of halogens is 2. The van der Waals surface area contributed by atoms with Crippen LogP contribution in [0.25, 0.3) is 33.9 Å². The highest BCUT2D eigenvalue weighted by Gasteiger charge is 2.19. The van der Waals surface area contributed by atoms with Crippen molar-refractivity contribution in [3.63, 3.8) is 0 Å². The number of nitrogens with zero attached hydrogens (tertiary/aromatic N) is 3. The van der Waals surface area contributed by atoms with Crippen LogP contribution in [0.15, 0.2) is 60.9 Å². The largest absolute Gasteiger partial charge is 0.492 e. The Bertz CT molecular complexity index is 1220. The molecule has 0 aliphatic carbocycles. The van der Waals surface area contributed by atoms with E-state index in [1.807, 2.05) is 50.5 Å². The van der Waals surface area contributed by atoms with Gasteiger partial charge < -0.3 is 19.9 Å². The summed E-state index contributed by atoms with van der Waals surface area (Å²) < 4.78 is 35.2. The van der Waals surface area contributed by atoms with Gasteiger partial charge >= 0.3 is 0 Å². The first-order valence-electron chi connectivity index (χ1n) is 11.0. The molecule has 0 spiro atoms. The molecular weight excluding hydrogens is 436 g/mol. The SMILES string of the molecule is CNCc1c(F)cc(-c2nc(-c3ccc(OCCN(C)C)cc3)[nH]c2-c2ccncc2)cc1F. The Hall–Kier alpha value is -3.62. The van der Waals surface area contributed by atoms with Crippen molar-refractivity contribution >= 4 is 0 Å². The number of pyridine rings is 1. The summed E-state index contributed by atoms with van der Waals surface area (Å²) in [5, 5.41) is 2.79. The first-order valence-corrected chi connectivity index (χ1v) is 11.0. The number of hydrogen-bond acceptors (Lipinski definition) is 5. The van der Waals surface area contributed by atoms with Gasteiger partial charge in [-0.2, -0.15) is 0 Å². The van der Waals surface area contributed by atoms with Gasteiger partial charge in [0.25, 0.3) is 0 Å². The maximum Gasteiger partial charge on any atom is 0.138 e. The normalized spacial score (nSPS) is 11.2. The van der Waals surface area contributed by atoms with Crippen molar-refractivity contribution in [2.24, 2.45) is 0 Å². The summed E-state index contributed by atoms with van der Waals surface area (Å²) in [4.78, 5) is 14.2. The van der Waals surface area contributed by atoms with Crippen LogP contribution in [-0.4, -0.2) is 54.1 Å². The van der Waals surface area contributed by atoms with Crippen molar-refractivity contribution in [1.29, 1.82) is 0 Å². The number of hydrogen-bond donors (Lipinski definition) is 2. The summed E-state index contributed by atoms with van der Waals surface area (Å²) in [5.41, 5.74) is 3.11. The second-order valence-electron chi connectivity index (χ2n) is 8.17. The lowest BCUT2D eigenvalue weighted by Gasteiger charge is -2.11. The molecule has 0 unspecified atom stereocenters. The molecule has 2 N–H and O–H groups in total. The second kappa shape index (κ2) is 10.5. The summed E-state index contributed by atoms with van der Waals surface area (Å²) in [6.45, 7) is 1.51. The van der Waals surface area contributed by atoms with Crippen molar-refractivity contribution in [3.8, 4) is 39.7 Å². The van der Waals surface area contributed by atoms with E-state index in [-0.39, 0.29) is 12.1 Å². The minimum absolute atomic E-state index is 0.00248. The molecule has 2 aromatic heterocycles. The van der Waals surface area contributed by atoms with E-state index in [9.17, 15) is 8.78 Å². The number of aromatic nitrogens is 3. The van der Waals surface area contributed by atoms with E-state index in [1.54, 1.807) is 19.4 Å². The summed E-state index contributed by atoms with van der Waals surface area (Å²) in [6.07, 6.45) is 3.33. The molecule has 8 heteroatoms. The maximum atomic E-state index is 14.7. The van der Waals surface area contributed by atoms with Crippen LogP contribution in [0.1, 0.15) is 5.56 Å². The van der Waals surface area contributed by atoms with E-state index in [1.165, 1.54) is 12.1 Å². The van der Waals surface area contributed by atoms with E-state index >= 15 is 0 Å². The molecule has 4 rings (SSSR count). The topological polar surface area (TPSA) is 66.1 Å². The minimum atomic E-state index is -0.617. The predicted octanol–water partition coefficient (Wildman–Crippen LogP) is 4.74. The van der Waals surface area contributed by atoms with Gasteiger partial charge in [-0.05, 0) is 69.7 Å². The average molecular weight is 464 g/mol. The molecule has 0 fully saturated rings. The average Bonchev–Trinajstić information content (AvgIpc) is 3.28. The van der Waals surface area contributed by atoms with Gasteiger partial charge in [0.05, 0.1) is 11.4 Å². The third-order valence-corrected chi connectivity index (χ3v) is 5.38. The van der Waals surface area contributed by atoms with Gasteiger partial charge in [0.1, 0.15) is 29.8 Å². The number of aromatic amines is 1. The highest BCUT2D eigenvalue weighted by Crippen LogP contribution is 2.34. The lowest BCUT2D eigenvalue weighted by Crippen LogP contribution is -2.19. The van der Waals surface area contributed by atoms with Crippen molar-refractivity contribution in [2.45, 2.75) is 6.54 Å². The van der Waals surface area contributed by atoms with E-state index in [4.69, 9.17) is 9.72 Å². The van der Waals surface area contributed by atoms with Crippen molar-refractivity contribution in [3.05, 3.63) is 78.1 Å². The maximum absolute atomic E-state index is 14.7. The Morgan fingerprint density at radius 1 is 0.941 bits per heavy atom. The van der Waals surface area contributed by atoms with Crippen LogP contribution in [-0.2, 0) is 6.54 Å². The molecule has 34 heavy (non-hydrogen) atoms. The first-order chi connectivity index (χ1) is 16.5. The molecule has 4 aromatic rings. The van der Waals surface area contributed by atoms with Crippen LogP contribution in [0.5, 0.6) is 5.75 Å². The molecular formula is C26H27F2N5O. The lowest BCUT2D eigenvalue weighted by molar-refractivity contribution is 0.261. The fourth-order valence-electron chi connectivity index (χ4n) is 3.59. The number of nitrogens with one attached hydrogen (secondary N) is 2. The molecule has 2 heterocycles. The zero-order chi connectivity index (χ0) is 24.1. The fraction of sp³-hybridized carbons (Fsp3) is 0.231. The van der Waals surface area contributed by atoms with Crippen LogP contribution in [0.2, 0.25) is 0 Å². The number of benzene rings is 2. The summed E-state index contributed by atoms with van der Waals surface area (Å²) >= 11 is 0. The third-order valence-electron chi connectivity index (χ3n) is 5.38. The van der Waals surface area contributed by atoms with Crippen LogP contribution < -0.4 is 10.1 Å². The Kier molecular flexibility index (Phi) is 7.30. The van der Waals surface area contributed by atoms with Crippen LogP contribution in [0, 0.1) is 11.6 Å². The van der Waals surface area contributed by atoms with Gasteiger partial charge in [-0.15, -0.1) is 0 Å². The molecule has 176 valence electrons. The van der Waals surface area contributed by atoms with Crippen LogP contribution in [0.3, 0.4) is 0 Å². The Morgan fingerprint density at radius 3 is 2.24 bits per heavy atom.